The molecule has 3 aromatic rings. The topological polar surface area (TPSA) is 50.4 Å². The summed E-state index contributed by atoms with van der Waals surface area (Å²) in [5, 5.41) is 2.97. The van der Waals surface area contributed by atoms with Crippen molar-refractivity contribution < 1.29 is 9.21 Å². The van der Waals surface area contributed by atoms with Gasteiger partial charge in [-0.15, -0.1) is 0 Å². The molecule has 0 atom stereocenters. The number of carbonyl (C=O) groups is 1. The van der Waals surface area contributed by atoms with Crippen LogP contribution in [0.5, 0.6) is 0 Å². The summed E-state index contributed by atoms with van der Waals surface area (Å²) in [4.78, 5) is 14.6. The zero-order valence-corrected chi connectivity index (χ0v) is 14.4. The Bertz CT molecular complexity index is 828. The van der Waals surface area contributed by atoms with Crippen LogP contribution in [0, 0.1) is 6.92 Å². The lowest BCUT2D eigenvalue weighted by molar-refractivity contribution is 0.0942. The Morgan fingerprint density at radius 3 is 2.67 bits per heavy atom. The molecule has 5 nitrogen and oxygen atoms in total. The maximum Gasteiger partial charge on any atom is 0.268 e. The zero-order valence-electron chi connectivity index (χ0n) is 14.4. The van der Waals surface area contributed by atoms with Crippen molar-refractivity contribution in [2.24, 2.45) is 0 Å². The van der Waals surface area contributed by atoms with Gasteiger partial charge in [-0.2, -0.15) is 0 Å². The molecule has 0 aliphatic carbocycles. The van der Waals surface area contributed by atoms with E-state index in [2.05, 4.69) is 36.5 Å². The molecule has 0 spiro atoms. The lowest BCUT2D eigenvalue weighted by atomic mass is 10.1. The third-order valence-corrected chi connectivity index (χ3v) is 4.06. The Hall–Kier alpha value is -2.53. The summed E-state index contributed by atoms with van der Waals surface area (Å²) in [5.41, 5.74) is 4.68. The second kappa shape index (κ2) is 6.93. The van der Waals surface area contributed by atoms with E-state index in [-0.39, 0.29) is 5.91 Å². The van der Waals surface area contributed by atoms with Crippen molar-refractivity contribution in [1.29, 1.82) is 0 Å². The molecule has 1 N–H and O–H groups in total. The number of hydrogen-bond acceptors (Lipinski definition) is 3. The molecule has 0 aliphatic rings. The Morgan fingerprint density at radius 2 is 1.96 bits per heavy atom. The molecule has 0 fully saturated rings. The van der Waals surface area contributed by atoms with Crippen molar-refractivity contribution in [2.75, 3.05) is 27.2 Å². The van der Waals surface area contributed by atoms with Crippen molar-refractivity contribution in [1.82, 2.24) is 14.8 Å². The van der Waals surface area contributed by atoms with E-state index in [1.165, 1.54) is 5.56 Å². The lowest BCUT2D eigenvalue weighted by Crippen LogP contribution is -2.32. The maximum atomic E-state index is 12.6. The van der Waals surface area contributed by atoms with E-state index < -0.39 is 0 Å². The molecule has 1 amide bonds. The van der Waals surface area contributed by atoms with Crippen LogP contribution >= 0.6 is 0 Å². The number of aromatic nitrogens is 1. The van der Waals surface area contributed by atoms with Gasteiger partial charge in [0, 0.05) is 31.8 Å². The van der Waals surface area contributed by atoms with Gasteiger partial charge >= 0.3 is 0 Å². The molecule has 0 bridgehead atoms. The van der Waals surface area contributed by atoms with Crippen LogP contribution in [0.25, 0.3) is 11.1 Å². The third kappa shape index (κ3) is 3.51. The molecule has 0 unspecified atom stereocenters. The molecule has 126 valence electrons. The van der Waals surface area contributed by atoms with E-state index in [4.69, 9.17) is 4.42 Å². The quantitative estimate of drug-likeness (QED) is 0.758. The minimum atomic E-state index is -0.0737. The smallest absolute Gasteiger partial charge is 0.268 e. The number of rotatable bonds is 6. The average Bonchev–Trinajstić information content (AvgIpc) is 3.11. The normalized spacial score (nSPS) is 11.3. The standard InChI is InChI=1S/C19H23N3O2/c1-14-4-6-15(7-5-14)13-22-16-8-11-24-18(16)12-17(22)19(23)20-9-10-21(2)3/h4-8,11-12H,9-10,13H2,1-3H3,(H,20,23). The van der Waals surface area contributed by atoms with E-state index in [0.717, 1.165) is 23.2 Å². The van der Waals surface area contributed by atoms with Gasteiger partial charge in [-0.1, -0.05) is 29.8 Å². The molecular weight excluding hydrogens is 302 g/mol. The zero-order chi connectivity index (χ0) is 17.1. The number of nitrogens with zero attached hydrogens (tertiary/aromatic N) is 2. The van der Waals surface area contributed by atoms with Crippen molar-refractivity contribution in [3.05, 3.63) is 59.5 Å². The second-order valence-corrected chi connectivity index (χ2v) is 6.33. The Kier molecular flexibility index (Phi) is 4.71. The number of likely N-dealkylation sites (N-methyl/N-ethyl adjacent to an activating group) is 1. The first-order chi connectivity index (χ1) is 11.5. The number of carbonyl (C=O) groups excluding carboxylic acids is 1. The fourth-order valence-corrected chi connectivity index (χ4v) is 2.70. The van der Waals surface area contributed by atoms with Gasteiger partial charge in [0.2, 0.25) is 0 Å². The minimum Gasteiger partial charge on any atom is -0.463 e. The van der Waals surface area contributed by atoms with Crippen LogP contribution in [-0.4, -0.2) is 42.6 Å². The first kappa shape index (κ1) is 16.3. The maximum absolute atomic E-state index is 12.6. The lowest BCUT2D eigenvalue weighted by Gasteiger charge is -2.13. The fraction of sp³-hybridized carbons (Fsp3) is 0.316. The number of hydrogen-bond donors (Lipinski definition) is 1. The summed E-state index contributed by atoms with van der Waals surface area (Å²) in [5.74, 6) is -0.0737. The summed E-state index contributed by atoms with van der Waals surface area (Å²) in [7, 11) is 3.97. The minimum absolute atomic E-state index is 0.0737. The Balaban J connectivity index is 1.86. The van der Waals surface area contributed by atoms with Crippen molar-refractivity contribution in [3.63, 3.8) is 0 Å². The third-order valence-electron chi connectivity index (χ3n) is 4.06. The fourth-order valence-electron chi connectivity index (χ4n) is 2.70. The molecular formula is C19H23N3O2. The summed E-state index contributed by atoms with van der Waals surface area (Å²) >= 11 is 0. The van der Waals surface area contributed by atoms with Crippen LogP contribution in [0.15, 0.2) is 47.1 Å². The van der Waals surface area contributed by atoms with E-state index in [1.807, 2.05) is 35.7 Å². The van der Waals surface area contributed by atoms with Gasteiger partial charge in [0.05, 0.1) is 11.8 Å². The molecule has 5 heteroatoms. The number of nitrogens with one attached hydrogen (secondary N) is 1. The summed E-state index contributed by atoms with van der Waals surface area (Å²) in [6.45, 7) is 4.13. The highest BCUT2D eigenvalue weighted by Crippen LogP contribution is 2.22. The van der Waals surface area contributed by atoms with Crippen LogP contribution in [0.4, 0.5) is 0 Å². The van der Waals surface area contributed by atoms with Crippen LogP contribution in [0.2, 0.25) is 0 Å². The van der Waals surface area contributed by atoms with Crippen LogP contribution < -0.4 is 5.32 Å². The van der Waals surface area contributed by atoms with Crippen LogP contribution in [-0.2, 0) is 6.54 Å². The predicted molar refractivity (Wildman–Crippen MR) is 95.4 cm³/mol. The van der Waals surface area contributed by atoms with Gasteiger partial charge in [-0.25, -0.2) is 0 Å². The average molecular weight is 325 g/mol. The Morgan fingerprint density at radius 1 is 1.21 bits per heavy atom. The molecule has 2 heterocycles. The predicted octanol–water partition coefficient (Wildman–Crippen LogP) is 2.88. The number of aryl methyl sites for hydroxylation is 1. The van der Waals surface area contributed by atoms with Crippen LogP contribution in [0.1, 0.15) is 21.6 Å². The summed E-state index contributed by atoms with van der Waals surface area (Å²) in [6.07, 6.45) is 1.66. The Labute approximate surface area is 141 Å². The van der Waals surface area contributed by atoms with E-state index in [9.17, 15) is 4.79 Å². The first-order valence-corrected chi connectivity index (χ1v) is 8.10. The molecule has 24 heavy (non-hydrogen) atoms. The van der Waals surface area contributed by atoms with Crippen molar-refractivity contribution in [2.45, 2.75) is 13.5 Å². The van der Waals surface area contributed by atoms with Crippen molar-refractivity contribution in [3.8, 4) is 0 Å². The molecule has 0 saturated heterocycles. The number of benzene rings is 1. The van der Waals surface area contributed by atoms with Gasteiger partial charge in [-0.05, 0) is 26.6 Å². The highest BCUT2D eigenvalue weighted by Gasteiger charge is 2.17. The van der Waals surface area contributed by atoms with Gasteiger partial charge < -0.3 is 19.2 Å². The van der Waals surface area contributed by atoms with E-state index in [1.54, 1.807) is 6.26 Å². The van der Waals surface area contributed by atoms with E-state index in [0.29, 0.717) is 18.8 Å². The number of fused-ring (bicyclic) bond motifs is 1. The number of furan rings is 1. The van der Waals surface area contributed by atoms with Crippen LogP contribution in [0.3, 0.4) is 0 Å². The largest absolute Gasteiger partial charge is 0.463 e. The van der Waals surface area contributed by atoms with Gasteiger partial charge in [0.15, 0.2) is 5.58 Å². The van der Waals surface area contributed by atoms with E-state index >= 15 is 0 Å². The molecule has 0 radical (unpaired) electrons. The second-order valence-electron chi connectivity index (χ2n) is 6.33. The first-order valence-electron chi connectivity index (χ1n) is 8.10. The van der Waals surface area contributed by atoms with Crippen molar-refractivity contribution >= 4 is 17.0 Å². The highest BCUT2D eigenvalue weighted by atomic mass is 16.3. The summed E-state index contributed by atoms with van der Waals surface area (Å²) in [6, 6.07) is 12.1. The molecule has 2 aromatic heterocycles. The molecule has 0 aliphatic heterocycles. The molecule has 0 saturated carbocycles. The van der Waals surface area contributed by atoms with Gasteiger partial charge in [0.1, 0.15) is 5.69 Å². The van der Waals surface area contributed by atoms with Gasteiger partial charge in [0.25, 0.3) is 5.91 Å². The SMILES string of the molecule is Cc1ccc(Cn2c(C(=O)NCCN(C)C)cc3occc32)cc1. The molecule has 3 rings (SSSR count). The monoisotopic (exact) mass is 325 g/mol. The number of amides is 1. The highest BCUT2D eigenvalue weighted by molar-refractivity contribution is 5.97. The summed E-state index contributed by atoms with van der Waals surface area (Å²) < 4.78 is 7.49. The molecule has 1 aromatic carbocycles. The van der Waals surface area contributed by atoms with Gasteiger partial charge in [-0.3, -0.25) is 4.79 Å².